The first-order valence-corrected chi connectivity index (χ1v) is 11.5. The summed E-state index contributed by atoms with van der Waals surface area (Å²) in [5, 5.41) is 13.6. The number of carbonyl (C=O) groups excluding carboxylic acids is 1. The van der Waals surface area contributed by atoms with Crippen LogP contribution < -0.4 is 5.01 Å². The van der Waals surface area contributed by atoms with Gasteiger partial charge in [0, 0.05) is 10.6 Å². The van der Waals surface area contributed by atoms with Gasteiger partial charge >= 0.3 is 6.18 Å². The van der Waals surface area contributed by atoms with Crippen molar-refractivity contribution in [2.24, 2.45) is 5.10 Å². The normalized spacial score (nSPS) is 11.7. The molecule has 6 nitrogen and oxygen atoms in total. The first-order valence-electron chi connectivity index (χ1n) is 10.1. The van der Waals surface area contributed by atoms with Crippen LogP contribution in [0.3, 0.4) is 0 Å². The smallest absolute Gasteiger partial charge is 0.411 e. The molecule has 1 heterocycles. The van der Waals surface area contributed by atoms with Gasteiger partial charge in [-0.3, -0.25) is 4.79 Å². The van der Waals surface area contributed by atoms with E-state index in [1.54, 1.807) is 48.5 Å². The fourth-order valence-electron chi connectivity index (χ4n) is 2.91. The zero-order chi connectivity index (χ0) is 24.8. The summed E-state index contributed by atoms with van der Waals surface area (Å²) >= 11 is 6.83. The van der Waals surface area contributed by atoms with Crippen molar-refractivity contribution in [2.75, 3.05) is 10.8 Å². The molecule has 1 amide bonds. The second-order valence-corrected chi connectivity index (χ2v) is 8.44. The van der Waals surface area contributed by atoms with Gasteiger partial charge in [0.15, 0.2) is 0 Å². The summed E-state index contributed by atoms with van der Waals surface area (Å²) < 4.78 is 45.3. The van der Waals surface area contributed by atoms with Crippen molar-refractivity contribution >= 4 is 41.2 Å². The maximum Gasteiger partial charge on any atom is 0.416 e. The van der Waals surface area contributed by atoms with Crippen LogP contribution in [0.25, 0.3) is 11.5 Å². The van der Waals surface area contributed by atoms with E-state index in [1.165, 1.54) is 18.3 Å². The molecule has 0 atom stereocenters. The number of amides is 1. The number of aromatic nitrogens is 2. The molecule has 0 bridgehead atoms. The fourth-order valence-corrected chi connectivity index (χ4v) is 3.65. The van der Waals surface area contributed by atoms with Crippen LogP contribution >= 0.6 is 23.4 Å². The van der Waals surface area contributed by atoms with Gasteiger partial charge in [-0.05, 0) is 48.0 Å². The molecule has 4 rings (SSSR count). The van der Waals surface area contributed by atoms with Crippen LogP contribution in [0.15, 0.2) is 93.6 Å². The Kier molecular flexibility index (Phi) is 7.52. The first kappa shape index (κ1) is 24.5. The van der Waals surface area contributed by atoms with E-state index in [0.717, 1.165) is 28.9 Å². The third-order valence-corrected chi connectivity index (χ3v) is 5.65. The fraction of sp³-hybridized carbons (Fsp3) is 0.0833. The highest BCUT2D eigenvalue weighted by atomic mass is 35.5. The molecule has 1 aromatic heterocycles. The van der Waals surface area contributed by atoms with Crippen molar-refractivity contribution in [1.29, 1.82) is 0 Å². The van der Waals surface area contributed by atoms with E-state index in [4.69, 9.17) is 16.0 Å². The number of hydrogen-bond donors (Lipinski definition) is 0. The second-order valence-electron chi connectivity index (χ2n) is 7.08. The van der Waals surface area contributed by atoms with E-state index < -0.39 is 17.6 Å². The van der Waals surface area contributed by atoms with Gasteiger partial charge in [-0.15, -0.1) is 10.2 Å². The Morgan fingerprint density at radius 3 is 2.49 bits per heavy atom. The van der Waals surface area contributed by atoms with E-state index in [-0.39, 0.29) is 22.6 Å². The van der Waals surface area contributed by atoms with Crippen LogP contribution in [0.5, 0.6) is 0 Å². The van der Waals surface area contributed by atoms with Crippen molar-refractivity contribution in [3.05, 3.63) is 95.0 Å². The quantitative estimate of drug-likeness (QED) is 0.158. The summed E-state index contributed by atoms with van der Waals surface area (Å²) in [5.41, 5.74) is 0.414. The summed E-state index contributed by atoms with van der Waals surface area (Å²) in [6, 6.07) is 20.1. The van der Waals surface area contributed by atoms with Crippen molar-refractivity contribution in [2.45, 2.75) is 11.4 Å². The monoisotopic (exact) mass is 516 g/mol. The Morgan fingerprint density at radius 1 is 1.03 bits per heavy atom. The van der Waals surface area contributed by atoms with Crippen molar-refractivity contribution in [1.82, 2.24) is 10.2 Å². The SMILES string of the molecule is O=C(CSc1nnc(-c2ccc(Cl)cc2)o1)N(/N=C\c1ccccc1)c1cccc(C(F)(F)F)c1. The molecule has 0 unspecified atom stereocenters. The molecule has 0 aliphatic heterocycles. The zero-order valence-corrected chi connectivity index (χ0v) is 19.4. The number of benzene rings is 3. The summed E-state index contributed by atoms with van der Waals surface area (Å²) in [4.78, 5) is 13.0. The highest BCUT2D eigenvalue weighted by Crippen LogP contribution is 2.32. The maximum absolute atomic E-state index is 13.2. The largest absolute Gasteiger partial charge is 0.416 e. The molecule has 0 saturated carbocycles. The van der Waals surface area contributed by atoms with Gasteiger partial charge in [0.05, 0.1) is 23.2 Å². The zero-order valence-electron chi connectivity index (χ0n) is 17.8. The molecule has 0 fully saturated rings. The minimum absolute atomic E-state index is 0.0232. The maximum atomic E-state index is 13.2. The number of carbonyl (C=O) groups is 1. The van der Waals surface area contributed by atoms with Crippen LogP contribution in [-0.4, -0.2) is 28.1 Å². The lowest BCUT2D eigenvalue weighted by molar-refractivity contribution is -0.137. The van der Waals surface area contributed by atoms with E-state index in [1.807, 2.05) is 6.07 Å². The van der Waals surface area contributed by atoms with Gasteiger partial charge < -0.3 is 4.42 Å². The lowest BCUT2D eigenvalue weighted by Gasteiger charge is -2.18. The minimum atomic E-state index is -4.57. The molecule has 0 radical (unpaired) electrons. The number of thioether (sulfide) groups is 1. The van der Waals surface area contributed by atoms with Crippen molar-refractivity contribution in [3.8, 4) is 11.5 Å². The lowest BCUT2D eigenvalue weighted by Crippen LogP contribution is -2.27. The van der Waals surface area contributed by atoms with Crippen LogP contribution in [0.2, 0.25) is 5.02 Å². The summed E-state index contributed by atoms with van der Waals surface area (Å²) in [6.07, 6.45) is -3.17. The average molecular weight is 517 g/mol. The first-order chi connectivity index (χ1) is 16.8. The number of hydrazone groups is 1. The summed E-state index contributed by atoms with van der Waals surface area (Å²) in [6.45, 7) is 0. The lowest BCUT2D eigenvalue weighted by atomic mass is 10.2. The molecule has 0 N–H and O–H groups in total. The van der Waals surface area contributed by atoms with Crippen LogP contribution in [0, 0.1) is 0 Å². The molecule has 35 heavy (non-hydrogen) atoms. The van der Waals surface area contributed by atoms with E-state index in [0.29, 0.717) is 16.1 Å². The Balaban J connectivity index is 1.54. The minimum Gasteiger partial charge on any atom is -0.411 e. The summed E-state index contributed by atoms with van der Waals surface area (Å²) in [5.74, 6) is -0.536. The van der Waals surface area contributed by atoms with Gasteiger partial charge in [-0.2, -0.15) is 18.3 Å². The Hall–Kier alpha value is -3.63. The Bertz CT molecular complexity index is 1330. The molecule has 0 aliphatic carbocycles. The molecule has 4 aromatic rings. The number of alkyl halides is 3. The van der Waals surface area contributed by atoms with Gasteiger partial charge in [-0.1, -0.05) is 59.8 Å². The molecule has 178 valence electrons. The standard InChI is InChI=1S/C24H16ClF3N4O2S/c25-19-11-9-17(10-12-19)22-30-31-23(34-22)35-15-21(33)32(29-14-16-5-2-1-3-6-16)20-8-4-7-18(13-20)24(26,27)28/h1-14H,15H2/b29-14-. The van der Waals surface area contributed by atoms with Crippen molar-refractivity contribution < 1.29 is 22.4 Å². The third-order valence-electron chi connectivity index (χ3n) is 4.59. The number of hydrogen-bond acceptors (Lipinski definition) is 6. The topological polar surface area (TPSA) is 71.6 Å². The summed E-state index contributed by atoms with van der Waals surface area (Å²) in [7, 11) is 0. The number of nitrogens with zero attached hydrogens (tertiary/aromatic N) is 4. The van der Waals surface area contributed by atoms with Gasteiger partial charge in [-0.25, -0.2) is 5.01 Å². The molecular formula is C24H16ClF3N4O2S. The number of halogens is 4. The van der Waals surface area contributed by atoms with Crippen molar-refractivity contribution in [3.63, 3.8) is 0 Å². The third kappa shape index (κ3) is 6.49. The van der Waals surface area contributed by atoms with E-state index >= 15 is 0 Å². The molecule has 0 aliphatic rings. The number of anilines is 1. The molecular weight excluding hydrogens is 501 g/mol. The Morgan fingerprint density at radius 2 is 1.77 bits per heavy atom. The molecule has 3 aromatic carbocycles. The van der Waals surface area contributed by atoms with Gasteiger partial charge in [0.25, 0.3) is 11.1 Å². The number of rotatable bonds is 7. The molecule has 0 saturated heterocycles. The van der Waals surface area contributed by atoms with E-state index in [2.05, 4.69) is 15.3 Å². The predicted molar refractivity (Wildman–Crippen MR) is 128 cm³/mol. The average Bonchev–Trinajstić information content (AvgIpc) is 3.33. The molecule has 11 heteroatoms. The highest BCUT2D eigenvalue weighted by molar-refractivity contribution is 7.99. The van der Waals surface area contributed by atoms with Gasteiger partial charge in [0.2, 0.25) is 5.89 Å². The van der Waals surface area contributed by atoms with Gasteiger partial charge in [0.1, 0.15) is 0 Å². The van der Waals surface area contributed by atoms with Crippen LogP contribution in [0.1, 0.15) is 11.1 Å². The second kappa shape index (κ2) is 10.7. The highest BCUT2D eigenvalue weighted by Gasteiger charge is 2.31. The molecule has 0 spiro atoms. The predicted octanol–water partition coefficient (Wildman–Crippen LogP) is 6.57. The van der Waals surface area contributed by atoms with Crippen LogP contribution in [-0.2, 0) is 11.0 Å². The van der Waals surface area contributed by atoms with E-state index in [9.17, 15) is 18.0 Å². The van der Waals surface area contributed by atoms with Crippen LogP contribution in [0.4, 0.5) is 18.9 Å². The Labute approximate surface area is 207 Å².